The van der Waals surface area contributed by atoms with Crippen molar-refractivity contribution in [1.82, 2.24) is 10.3 Å². The van der Waals surface area contributed by atoms with Crippen molar-refractivity contribution in [2.24, 2.45) is 5.84 Å². The number of nitrogens with two attached hydrogens (primary N) is 1. The molecule has 0 aliphatic carbocycles. The number of nitrogens with one attached hydrogen (secondary N) is 1. The lowest BCUT2D eigenvalue weighted by atomic mass is 10.2. The summed E-state index contributed by atoms with van der Waals surface area (Å²) in [7, 11) is 1.99. The summed E-state index contributed by atoms with van der Waals surface area (Å²) in [5.74, 6) is 4.97. The van der Waals surface area contributed by atoms with Gasteiger partial charge in [0.2, 0.25) is 0 Å². The minimum absolute atomic E-state index is 0.265. The maximum absolute atomic E-state index is 11.5. The molecule has 5 nitrogen and oxygen atoms in total. The number of thiophene rings is 1. The highest BCUT2D eigenvalue weighted by molar-refractivity contribution is 9.11. The van der Waals surface area contributed by atoms with E-state index in [-0.39, 0.29) is 5.76 Å². The Hall–Kier alpha value is -1.15. The SMILES string of the molecule is CN(Cc1csc(Br)c1)Cc1ccoc1C(=O)NN. The molecule has 19 heavy (non-hydrogen) atoms. The molecule has 0 bridgehead atoms. The van der Waals surface area contributed by atoms with Crippen molar-refractivity contribution in [2.45, 2.75) is 13.1 Å². The lowest BCUT2D eigenvalue weighted by Gasteiger charge is -2.15. The molecule has 0 saturated carbocycles. The third-order valence-electron chi connectivity index (χ3n) is 2.60. The average molecular weight is 344 g/mol. The van der Waals surface area contributed by atoms with E-state index < -0.39 is 5.91 Å². The number of hydrogen-bond donors (Lipinski definition) is 2. The number of carbonyl (C=O) groups excluding carboxylic acids is 1. The van der Waals surface area contributed by atoms with Gasteiger partial charge in [-0.2, -0.15) is 0 Å². The Morgan fingerprint density at radius 2 is 2.37 bits per heavy atom. The highest BCUT2D eigenvalue weighted by Crippen LogP contribution is 2.22. The van der Waals surface area contributed by atoms with Gasteiger partial charge >= 0.3 is 5.91 Å². The number of nitrogen functional groups attached to an aromatic ring is 1. The number of halogens is 1. The van der Waals surface area contributed by atoms with Gasteiger partial charge in [0.25, 0.3) is 0 Å². The highest BCUT2D eigenvalue weighted by atomic mass is 79.9. The second-order valence-electron chi connectivity index (χ2n) is 4.18. The molecule has 2 aromatic rings. The van der Waals surface area contributed by atoms with E-state index in [1.54, 1.807) is 17.4 Å². The fraction of sp³-hybridized carbons (Fsp3) is 0.250. The molecule has 0 saturated heterocycles. The topological polar surface area (TPSA) is 71.5 Å². The molecule has 0 atom stereocenters. The van der Waals surface area contributed by atoms with E-state index in [1.807, 2.05) is 7.05 Å². The van der Waals surface area contributed by atoms with Gasteiger partial charge in [-0.05, 0) is 46.1 Å². The van der Waals surface area contributed by atoms with Gasteiger partial charge in [-0.25, -0.2) is 5.84 Å². The summed E-state index contributed by atoms with van der Waals surface area (Å²) in [4.78, 5) is 13.6. The molecule has 2 heterocycles. The van der Waals surface area contributed by atoms with Gasteiger partial charge in [0.15, 0.2) is 5.76 Å². The zero-order valence-electron chi connectivity index (χ0n) is 10.4. The van der Waals surface area contributed by atoms with Crippen molar-refractivity contribution in [3.63, 3.8) is 0 Å². The summed E-state index contributed by atoms with van der Waals surface area (Å²) < 4.78 is 6.26. The first kappa shape index (κ1) is 14.3. The fourth-order valence-corrected chi connectivity index (χ4v) is 3.01. The van der Waals surface area contributed by atoms with Gasteiger partial charge in [-0.3, -0.25) is 15.1 Å². The molecule has 0 aliphatic heterocycles. The summed E-state index contributed by atoms with van der Waals surface area (Å²) >= 11 is 5.10. The number of hydrazine groups is 1. The van der Waals surface area contributed by atoms with E-state index in [4.69, 9.17) is 10.3 Å². The van der Waals surface area contributed by atoms with Gasteiger partial charge < -0.3 is 4.42 Å². The van der Waals surface area contributed by atoms with Crippen molar-refractivity contribution in [3.05, 3.63) is 44.4 Å². The van der Waals surface area contributed by atoms with Gasteiger partial charge in [-0.15, -0.1) is 11.3 Å². The molecule has 0 aromatic carbocycles. The second-order valence-corrected chi connectivity index (χ2v) is 6.47. The van der Waals surface area contributed by atoms with Crippen LogP contribution in [0.2, 0.25) is 0 Å². The second kappa shape index (κ2) is 6.33. The van der Waals surface area contributed by atoms with Crippen molar-refractivity contribution in [2.75, 3.05) is 7.05 Å². The average Bonchev–Trinajstić information content (AvgIpc) is 2.97. The van der Waals surface area contributed by atoms with E-state index in [0.29, 0.717) is 6.54 Å². The van der Waals surface area contributed by atoms with E-state index in [1.165, 1.54) is 11.8 Å². The number of nitrogens with zero attached hydrogens (tertiary/aromatic N) is 1. The molecule has 1 amide bonds. The minimum atomic E-state index is -0.410. The predicted octanol–water partition coefficient (Wildman–Crippen LogP) is 2.34. The van der Waals surface area contributed by atoms with E-state index in [2.05, 4.69) is 37.7 Å². The molecule has 0 spiro atoms. The van der Waals surface area contributed by atoms with Crippen molar-refractivity contribution in [1.29, 1.82) is 0 Å². The third kappa shape index (κ3) is 3.66. The molecule has 0 fully saturated rings. The van der Waals surface area contributed by atoms with Crippen LogP contribution in [0.15, 0.2) is 32.0 Å². The molecule has 3 N–H and O–H groups in total. The number of hydrogen-bond acceptors (Lipinski definition) is 5. The van der Waals surface area contributed by atoms with E-state index in [0.717, 1.165) is 15.9 Å². The molecular formula is C12H14BrN3O2S. The number of furan rings is 1. The molecule has 7 heteroatoms. The molecule has 0 radical (unpaired) electrons. The zero-order chi connectivity index (χ0) is 13.8. The van der Waals surface area contributed by atoms with E-state index >= 15 is 0 Å². The van der Waals surface area contributed by atoms with Gasteiger partial charge in [0.05, 0.1) is 10.0 Å². The number of carbonyl (C=O) groups is 1. The van der Waals surface area contributed by atoms with E-state index in [9.17, 15) is 4.79 Å². The number of amides is 1. The summed E-state index contributed by atoms with van der Waals surface area (Å²) in [5, 5.41) is 2.10. The summed E-state index contributed by atoms with van der Waals surface area (Å²) in [6, 6.07) is 3.87. The third-order valence-corrected chi connectivity index (χ3v) is 4.15. The van der Waals surface area contributed by atoms with Gasteiger partial charge in [-0.1, -0.05) is 0 Å². The van der Waals surface area contributed by atoms with Crippen molar-refractivity contribution >= 4 is 33.2 Å². The normalized spacial score (nSPS) is 10.9. The van der Waals surface area contributed by atoms with Crippen LogP contribution in [0.3, 0.4) is 0 Å². The maximum Gasteiger partial charge on any atom is 0.301 e. The summed E-state index contributed by atoms with van der Waals surface area (Å²) in [6.45, 7) is 1.42. The van der Waals surface area contributed by atoms with Crippen LogP contribution in [0.5, 0.6) is 0 Å². The van der Waals surface area contributed by atoms with Crippen molar-refractivity contribution in [3.8, 4) is 0 Å². The maximum atomic E-state index is 11.5. The first-order chi connectivity index (χ1) is 9.10. The molecule has 0 aliphatic rings. The van der Waals surface area contributed by atoms with Gasteiger partial charge in [0.1, 0.15) is 0 Å². The quantitative estimate of drug-likeness (QED) is 0.496. The van der Waals surface area contributed by atoms with Crippen LogP contribution < -0.4 is 11.3 Å². The predicted molar refractivity (Wildman–Crippen MR) is 77.6 cm³/mol. The highest BCUT2D eigenvalue weighted by Gasteiger charge is 2.15. The molecule has 2 rings (SSSR count). The fourth-order valence-electron chi connectivity index (χ4n) is 1.81. The lowest BCUT2D eigenvalue weighted by Crippen LogP contribution is -2.31. The van der Waals surface area contributed by atoms with Crippen LogP contribution in [-0.4, -0.2) is 17.9 Å². The Balaban J connectivity index is 2.01. The Morgan fingerprint density at radius 3 is 3.00 bits per heavy atom. The Morgan fingerprint density at radius 1 is 1.58 bits per heavy atom. The first-order valence-electron chi connectivity index (χ1n) is 5.59. The lowest BCUT2D eigenvalue weighted by molar-refractivity contribution is 0.0923. The van der Waals surface area contributed by atoms with Crippen molar-refractivity contribution < 1.29 is 9.21 Å². The van der Waals surface area contributed by atoms with Crippen LogP contribution >= 0.6 is 27.3 Å². The monoisotopic (exact) mass is 343 g/mol. The molecule has 102 valence electrons. The Labute approximate surface area is 123 Å². The van der Waals surface area contributed by atoms with Gasteiger partial charge in [0, 0.05) is 18.7 Å². The van der Waals surface area contributed by atoms with Crippen LogP contribution in [0.1, 0.15) is 21.7 Å². The number of rotatable bonds is 5. The molecular weight excluding hydrogens is 330 g/mol. The minimum Gasteiger partial charge on any atom is -0.459 e. The molecule has 0 unspecified atom stereocenters. The van der Waals surface area contributed by atoms with Crippen LogP contribution in [0, 0.1) is 0 Å². The van der Waals surface area contributed by atoms with Crippen LogP contribution in [0.4, 0.5) is 0 Å². The zero-order valence-corrected chi connectivity index (χ0v) is 12.8. The Bertz CT molecular complexity index is 567. The summed E-state index contributed by atoms with van der Waals surface area (Å²) in [6.07, 6.45) is 1.49. The van der Waals surface area contributed by atoms with Crippen LogP contribution in [0.25, 0.3) is 0 Å². The first-order valence-corrected chi connectivity index (χ1v) is 7.26. The largest absolute Gasteiger partial charge is 0.459 e. The smallest absolute Gasteiger partial charge is 0.301 e. The van der Waals surface area contributed by atoms with Crippen LogP contribution in [-0.2, 0) is 13.1 Å². The molecule has 2 aromatic heterocycles. The Kier molecular flexibility index (Phi) is 4.76. The summed E-state index contributed by atoms with van der Waals surface area (Å²) in [5.41, 5.74) is 4.13. The standard InChI is InChI=1S/C12H14BrN3O2S/c1-16(5-8-4-10(13)19-7-8)6-9-2-3-18-11(9)12(17)15-14/h2-4,7H,5-6,14H2,1H3,(H,15,17).